The van der Waals surface area contributed by atoms with E-state index in [1.165, 1.54) is 208 Å². The molecule has 0 aliphatic heterocycles. The van der Waals surface area contributed by atoms with Crippen LogP contribution in [0.3, 0.4) is 0 Å². The van der Waals surface area contributed by atoms with Crippen LogP contribution in [-0.4, -0.2) is 11.4 Å². The first kappa shape index (κ1) is 57.0. The third kappa shape index (κ3) is 28.4. The molecule has 0 spiro atoms. The van der Waals surface area contributed by atoms with Crippen molar-refractivity contribution in [1.29, 1.82) is 0 Å². The predicted octanol–water partition coefficient (Wildman–Crippen LogP) is 19.3. The van der Waals surface area contributed by atoms with Gasteiger partial charge in [-0.3, -0.25) is 4.99 Å². The molecule has 0 atom stereocenters. The molecule has 0 heterocycles. The maximum absolute atomic E-state index is 5.40. The molecule has 0 aromatic heterocycles. The normalized spacial score (nSPS) is 11.8. The Balaban J connectivity index is 0.0000186. The molecular weight excluding hydrogens is 831 g/mol. The van der Waals surface area contributed by atoms with E-state index in [9.17, 15) is 0 Å². The van der Waals surface area contributed by atoms with Crippen LogP contribution in [0.2, 0.25) is 0 Å². The van der Waals surface area contributed by atoms with Gasteiger partial charge in [-0.1, -0.05) is 239 Å². The van der Waals surface area contributed by atoms with E-state index in [2.05, 4.69) is 89.8 Å². The van der Waals surface area contributed by atoms with E-state index >= 15 is 0 Å². The van der Waals surface area contributed by atoms with Crippen LogP contribution in [0.5, 0.6) is 0 Å². The van der Waals surface area contributed by atoms with Gasteiger partial charge in [-0.25, -0.2) is 4.99 Å². The predicted molar refractivity (Wildman–Crippen MR) is 271 cm³/mol. The van der Waals surface area contributed by atoms with Gasteiger partial charge in [0.15, 0.2) is 0 Å². The summed E-state index contributed by atoms with van der Waals surface area (Å²) in [6, 6.07) is 13.6. The van der Waals surface area contributed by atoms with Crippen LogP contribution in [0, 0.1) is 11.8 Å². The zero-order valence-corrected chi connectivity index (χ0v) is 42.7. The maximum atomic E-state index is 5.40. The van der Waals surface area contributed by atoms with Crippen molar-refractivity contribution in [3.05, 3.63) is 58.7 Å². The van der Waals surface area contributed by atoms with E-state index < -0.39 is 0 Å². The topological polar surface area (TPSA) is 24.7 Å². The van der Waals surface area contributed by atoms with Gasteiger partial charge in [0.05, 0.1) is 17.1 Å². The summed E-state index contributed by atoms with van der Waals surface area (Å²) in [6.07, 6.45) is 47.5. The minimum absolute atomic E-state index is 0. The average molecular weight is 928 g/mol. The molecule has 0 saturated carbocycles. The summed E-state index contributed by atoms with van der Waals surface area (Å²) in [5.41, 5.74) is 9.67. The summed E-state index contributed by atoms with van der Waals surface area (Å²) >= 11 is 0. The molecule has 3 heteroatoms. The van der Waals surface area contributed by atoms with Crippen LogP contribution >= 0.6 is 0 Å². The van der Waals surface area contributed by atoms with Crippen LogP contribution in [0.25, 0.3) is 0 Å². The summed E-state index contributed by atoms with van der Waals surface area (Å²) in [5.74, 6) is 7.23. The van der Waals surface area contributed by atoms with Crippen molar-refractivity contribution in [3.8, 4) is 11.8 Å². The number of unbranched alkanes of at least 4 members (excludes halogenated alkanes) is 29. The Hall–Kier alpha value is -2.00. The Morgan fingerprint density at radius 1 is 0.377 bits per heavy atom. The maximum Gasteiger partial charge on any atom is 0.135 e. The number of nitrogens with zero attached hydrogens (tertiary/aromatic N) is 2. The number of hydrogen-bond acceptors (Lipinski definition) is 2. The van der Waals surface area contributed by atoms with Gasteiger partial charge >= 0.3 is 0 Å². The minimum Gasteiger partial charge on any atom is -0.251 e. The second-order valence-electron chi connectivity index (χ2n) is 18.0. The average Bonchev–Trinajstić information content (AvgIpc) is 3.27. The Morgan fingerprint density at radius 3 is 1.07 bits per heavy atom. The largest absolute Gasteiger partial charge is 0.251 e. The molecule has 0 aliphatic rings. The molecule has 61 heavy (non-hydrogen) atoms. The van der Waals surface area contributed by atoms with Crippen molar-refractivity contribution in [2.24, 2.45) is 9.98 Å². The summed E-state index contributed by atoms with van der Waals surface area (Å²) in [5, 5.41) is 0. The van der Waals surface area contributed by atoms with Gasteiger partial charge in [0.2, 0.25) is 0 Å². The summed E-state index contributed by atoms with van der Waals surface area (Å²) in [6.45, 7) is 13.6. The third-order valence-electron chi connectivity index (χ3n) is 12.8. The second kappa shape index (κ2) is 40.8. The molecule has 0 saturated heterocycles. The first-order valence-electron chi connectivity index (χ1n) is 26.5. The van der Waals surface area contributed by atoms with Crippen molar-refractivity contribution in [2.45, 2.75) is 273 Å². The Bertz CT molecular complexity index is 1460. The first-order valence-corrected chi connectivity index (χ1v) is 26.5. The van der Waals surface area contributed by atoms with Crippen molar-refractivity contribution in [1.82, 2.24) is 0 Å². The van der Waals surface area contributed by atoms with Crippen molar-refractivity contribution < 1.29 is 20.4 Å². The number of rotatable bonds is 38. The Labute approximate surface area is 394 Å². The summed E-state index contributed by atoms with van der Waals surface area (Å²) < 4.78 is 0. The fourth-order valence-electron chi connectivity index (χ4n) is 8.78. The molecule has 0 bridgehead atoms. The van der Waals surface area contributed by atoms with E-state index in [0.29, 0.717) is 0 Å². The first-order chi connectivity index (χ1) is 29.6. The van der Waals surface area contributed by atoms with Crippen LogP contribution in [0.4, 0.5) is 11.4 Å². The number of hydrogen-bond donors (Lipinski definition) is 0. The van der Waals surface area contributed by atoms with Crippen molar-refractivity contribution in [3.63, 3.8) is 0 Å². The molecule has 2 aromatic carbocycles. The van der Waals surface area contributed by atoms with Crippen molar-refractivity contribution >= 4 is 22.8 Å². The second-order valence-corrected chi connectivity index (χ2v) is 18.0. The van der Waals surface area contributed by atoms with E-state index in [1.54, 1.807) is 0 Å². The van der Waals surface area contributed by atoms with Gasteiger partial charge in [-0.2, -0.15) is 0 Å². The molecule has 2 aromatic rings. The molecule has 0 fully saturated rings. The van der Waals surface area contributed by atoms with Crippen LogP contribution < -0.4 is 0 Å². The summed E-state index contributed by atoms with van der Waals surface area (Å²) in [4.78, 5) is 10.7. The van der Waals surface area contributed by atoms with Crippen LogP contribution in [0.15, 0.2) is 46.4 Å². The van der Waals surface area contributed by atoms with Gasteiger partial charge in [-0.15, -0.1) is 0 Å². The van der Waals surface area contributed by atoms with Gasteiger partial charge in [0, 0.05) is 26.8 Å². The molecule has 348 valence electrons. The van der Waals surface area contributed by atoms with E-state index in [1.807, 2.05) is 0 Å². The Kier molecular flexibility index (Phi) is 38.1. The molecule has 2 rings (SSSR count). The molecular formula is C58H96N2Pd. The SMILES string of the molecule is CCCCCCCCCCCCCCCC#CC(=Nc1ccc(CC)c(CC)c1)C(CCCCCCCCCCCCCCCCCCC)=Nc1ccc(CC)c(CC)c1.[Pd]. The van der Waals surface area contributed by atoms with E-state index in [0.717, 1.165) is 67.7 Å². The molecule has 0 amide bonds. The number of aryl methyl sites for hydroxylation is 4. The molecule has 0 radical (unpaired) electrons. The van der Waals surface area contributed by atoms with Crippen LogP contribution in [-0.2, 0) is 46.1 Å². The molecule has 0 unspecified atom stereocenters. The molecule has 0 N–H and O–H groups in total. The quantitative estimate of drug-likeness (QED) is 0.0277. The fourth-order valence-corrected chi connectivity index (χ4v) is 8.78. The zero-order chi connectivity index (χ0) is 43.1. The van der Waals surface area contributed by atoms with Gasteiger partial charge in [-0.05, 0) is 97.4 Å². The van der Waals surface area contributed by atoms with Gasteiger partial charge < -0.3 is 0 Å². The number of benzene rings is 2. The van der Waals surface area contributed by atoms with Gasteiger partial charge in [0.1, 0.15) is 5.71 Å². The zero-order valence-electron chi connectivity index (χ0n) is 41.1. The Morgan fingerprint density at radius 2 is 0.705 bits per heavy atom. The van der Waals surface area contributed by atoms with Gasteiger partial charge in [0.25, 0.3) is 0 Å². The minimum atomic E-state index is 0. The van der Waals surface area contributed by atoms with Crippen LogP contribution in [0.1, 0.15) is 269 Å². The smallest absolute Gasteiger partial charge is 0.135 e. The fraction of sp³-hybridized carbons (Fsp3) is 0.724. The van der Waals surface area contributed by atoms with Crippen molar-refractivity contribution in [2.75, 3.05) is 0 Å². The molecule has 0 aliphatic carbocycles. The summed E-state index contributed by atoms with van der Waals surface area (Å²) in [7, 11) is 0. The standard InChI is InChI=1S/C58H96N2.Pd/c1-7-13-15-17-19-21-23-25-27-28-30-32-34-36-38-40-42-44-58(60-56-48-46-52(10-4)54(12-6)50-56)57(59-55-47-45-51(9-3)53(11-5)49-55)43-41-39-37-35-33-31-29-26-24-22-20-18-16-14-8-2;/h45-50H,7-40,42,44H2,1-6H3;. The number of aliphatic imine (C=N–C) groups is 2. The van der Waals surface area contributed by atoms with E-state index in [4.69, 9.17) is 9.98 Å². The molecule has 2 nitrogen and oxygen atoms in total. The van der Waals surface area contributed by atoms with E-state index in [-0.39, 0.29) is 20.4 Å². The monoisotopic (exact) mass is 927 g/mol. The third-order valence-corrected chi connectivity index (χ3v) is 12.8.